The lowest BCUT2D eigenvalue weighted by Crippen LogP contribution is -2.54. The molecule has 0 N–H and O–H groups in total. The fourth-order valence-corrected chi connectivity index (χ4v) is 5.07. The molecule has 1 aliphatic rings. The molecule has 0 bridgehead atoms. The van der Waals surface area contributed by atoms with Crippen molar-refractivity contribution >= 4 is 5.69 Å². The first kappa shape index (κ1) is 19.8. The molecule has 1 nitrogen and oxygen atoms in total. The van der Waals surface area contributed by atoms with Crippen LogP contribution in [-0.2, 0) is 5.41 Å². The summed E-state index contributed by atoms with van der Waals surface area (Å²) in [5.41, 5.74) is 6.83. The number of nitrogens with zero attached hydrogens (tertiary/aromatic N) is 1. The van der Waals surface area contributed by atoms with Crippen LogP contribution in [0.5, 0.6) is 0 Å². The van der Waals surface area contributed by atoms with Crippen molar-refractivity contribution in [2.75, 3.05) is 4.90 Å². The number of hydrogen-bond acceptors (Lipinski definition) is 1. The molecule has 2 aromatic rings. The van der Waals surface area contributed by atoms with Crippen molar-refractivity contribution in [2.45, 2.75) is 91.1 Å². The van der Waals surface area contributed by atoms with Gasteiger partial charge in [0.25, 0.3) is 0 Å². The molecule has 1 heteroatoms. The minimum atomic E-state index is -0.0322. The van der Waals surface area contributed by atoms with Crippen molar-refractivity contribution < 1.29 is 0 Å². The lowest BCUT2D eigenvalue weighted by Gasteiger charge is -2.50. The largest absolute Gasteiger partial charge is 0.361 e. The van der Waals surface area contributed by atoms with Crippen molar-refractivity contribution in [2.24, 2.45) is 0 Å². The van der Waals surface area contributed by atoms with Crippen LogP contribution in [0.4, 0.5) is 5.69 Å². The van der Waals surface area contributed by atoms with Crippen molar-refractivity contribution in [1.29, 1.82) is 0 Å². The molecular formula is C26H35N. The van der Waals surface area contributed by atoms with Gasteiger partial charge < -0.3 is 4.90 Å². The predicted molar refractivity (Wildman–Crippen MR) is 118 cm³/mol. The molecule has 0 radical (unpaired) electrons. The third kappa shape index (κ3) is 3.25. The minimum absolute atomic E-state index is 0.0316. The van der Waals surface area contributed by atoms with E-state index in [4.69, 9.17) is 0 Å². The van der Waals surface area contributed by atoms with Gasteiger partial charge in [0.2, 0.25) is 0 Å². The van der Waals surface area contributed by atoms with E-state index in [9.17, 15) is 0 Å². The topological polar surface area (TPSA) is 3.24 Å². The summed E-state index contributed by atoms with van der Waals surface area (Å²) in [6.07, 6.45) is 3.67. The monoisotopic (exact) mass is 361 g/mol. The molecule has 0 fully saturated rings. The Kier molecular flexibility index (Phi) is 4.84. The Bertz CT molecular complexity index is 820. The molecule has 144 valence electrons. The van der Waals surface area contributed by atoms with Crippen LogP contribution in [0.2, 0.25) is 0 Å². The van der Waals surface area contributed by atoms with E-state index in [1.165, 1.54) is 47.2 Å². The van der Waals surface area contributed by atoms with Gasteiger partial charge in [0.05, 0.1) is 0 Å². The van der Waals surface area contributed by atoms with Gasteiger partial charge in [-0.25, -0.2) is 0 Å². The average Bonchev–Trinajstić information content (AvgIpc) is 2.81. The molecule has 0 aliphatic heterocycles. The van der Waals surface area contributed by atoms with E-state index in [0.29, 0.717) is 0 Å². The van der Waals surface area contributed by atoms with Crippen LogP contribution in [0.3, 0.4) is 0 Å². The van der Waals surface area contributed by atoms with E-state index in [-0.39, 0.29) is 16.5 Å². The van der Waals surface area contributed by atoms with Crippen molar-refractivity contribution in [3.8, 4) is 11.1 Å². The SMILES string of the molecule is CCCCC(C)(C)N(c1cccc2c1-c1ccc#cc1C2(C)C)C(C)(C)C. The Hall–Kier alpha value is -1.94. The summed E-state index contributed by atoms with van der Waals surface area (Å²) in [5, 5.41) is 0. The van der Waals surface area contributed by atoms with Crippen LogP contribution in [-0.4, -0.2) is 11.1 Å². The Morgan fingerprint density at radius 2 is 1.74 bits per heavy atom. The Morgan fingerprint density at radius 1 is 1.04 bits per heavy atom. The Labute approximate surface area is 166 Å². The molecule has 1 aliphatic carbocycles. The Balaban J connectivity index is 2.26. The minimum Gasteiger partial charge on any atom is -0.361 e. The maximum atomic E-state index is 3.42. The number of fused-ring (bicyclic) bond motifs is 3. The van der Waals surface area contributed by atoms with E-state index in [1.54, 1.807) is 0 Å². The summed E-state index contributed by atoms with van der Waals surface area (Å²) in [4.78, 5) is 2.66. The number of rotatable bonds is 5. The molecule has 0 saturated heterocycles. The first-order chi connectivity index (χ1) is 12.5. The summed E-state index contributed by atoms with van der Waals surface area (Å²) < 4.78 is 0. The highest BCUT2D eigenvalue weighted by atomic mass is 15.2. The summed E-state index contributed by atoms with van der Waals surface area (Å²) >= 11 is 0. The van der Waals surface area contributed by atoms with Gasteiger partial charge in [-0.3, -0.25) is 0 Å². The molecule has 0 atom stereocenters. The van der Waals surface area contributed by atoms with Gasteiger partial charge in [-0.15, -0.1) is 0 Å². The maximum absolute atomic E-state index is 3.42. The standard InChI is InChI=1S/C26H35N/c1-9-10-18-25(5,6)27(24(2,3)4)22-17-13-16-21-23(22)19-14-11-12-15-20(19)26(21,7)8/h11,13-14,16-17H,9-10,18H2,1-8H3. The average molecular weight is 362 g/mol. The molecule has 2 aromatic carbocycles. The highest BCUT2D eigenvalue weighted by Gasteiger charge is 2.41. The summed E-state index contributed by atoms with van der Waals surface area (Å²) in [6, 6.07) is 17.7. The number of benzene rings is 1. The van der Waals surface area contributed by atoms with Crippen molar-refractivity contribution in [3.63, 3.8) is 0 Å². The van der Waals surface area contributed by atoms with Gasteiger partial charge >= 0.3 is 0 Å². The normalized spacial score (nSPS) is 15.1. The summed E-state index contributed by atoms with van der Waals surface area (Å²) in [7, 11) is 0. The van der Waals surface area contributed by atoms with Gasteiger partial charge in [-0.2, -0.15) is 0 Å². The zero-order valence-electron chi connectivity index (χ0n) is 18.5. The summed E-state index contributed by atoms with van der Waals surface area (Å²) in [5.74, 6) is 0. The molecule has 0 saturated carbocycles. The highest BCUT2D eigenvalue weighted by Crippen LogP contribution is 2.53. The molecular weight excluding hydrogens is 326 g/mol. The smallest absolute Gasteiger partial charge is 0.0458 e. The molecule has 3 rings (SSSR count). The quantitative estimate of drug-likeness (QED) is 0.546. The van der Waals surface area contributed by atoms with Gasteiger partial charge in [-0.1, -0.05) is 57.9 Å². The van der Waals surface area contributed by atoms with E-state index in [0.717, 1.165) is 0 Å². The molecule has 0 unspecified atom stereocenters. The first-order valence-electron chi connectivity index (χ1n) is 10.4. The second kappa shape index (κ2) is 6.59. The molecule has 27 heavy (non-hydrogen) atoms. The lowest BCUT2D eigenvalue weighted by atomic mass is 9.82. The van der Waals surface area contributed by atoms with Crippen LogP contribution in [0.25, 0.3) is 11.1 Å². The maximum Gasteiger partial charge on any atom is 0.0458 e. The van der Waals surface area contributed by atoms with E-state index in [2.05, 4.69) is 96.7 Å². The lowest BCUT2D eigenvalue weighted by molar-refractivity contribution is 0.332. The van der Waals surface area contributed by atoms with Crippen LogP contribution < -0.4 is 4.90 Å². The number of unbranched alkanes of at least 4 members (excludes halogenated alkanes) is 1. The van der Waals surface area contributed by atoms with E-state index < -0.39 is 0 Å². The summed E-state index contributed by atoms with van der Waals surface area (Å²) in [6.45, 7) is 18.7. The zero-order valence-corrected chi connectivity index (χ0v) is 18.5. The first-order valence-corrected chi connectivity index (χ1v) is 10.4. The highest BCUT2D eigenvalue weighted by molar-refractivity contribution is 5.90. The van der Waals surface area contributed by atoms with Crippen molar-refractivity contribution in [1.82, 2.24) is 0 Å². The molecule has 0 heterocycles. The predicted octanol–water partition coefficient (Wildman–Crippen LogP) is 7.17. The fourth-order valence-electron chi connectivity index (χ4n) is 5.07. The van der Waals surface area contributed by atoms with Crippen LogP contribution in [0.15, 0.2) is 30.3 Å². The zero-order chi connectivity index (χ0) is 20.0. The molecule has 0 aromatic heterocycles. The third-order valence-corrected chi connectivity index (χ3v) is 6.07. The van der Waals surface area contributed by atoms with Gasteiger partial charge in [0.15, 0.2) is 0 Å². The van der Waals surface area contributed by atoms with E-state index in [1.807, 2.05) is 6.07 Å². The molecule has 0 amide bonds. The number of anilines is 1. The second-order valence-corrected chi connectivity index (χ2v) is 10.1. The molecule has 0 spiro atoms. The van der Waals surface area contributed by atoms with E-state index >= 15 is 0 Å². The second-order valence-electron chi connectivity index (χ2n) is 10.1. The van der Waals surface area contributed by atoms with Crippen molar-refractivity contribution in [3.05, 3.63) is 53.6 Å². The Morgan fingerprint density at radius 3 is 2.37 bits per heavy atom. The van der Waals surface area contributed by atoms with Crippen LogP contribution in [0.1, 0.15) is 85.8 Å². The third-order valence-electron chi connectivity index (χ3n) is 6.07. The van der Waals surface area contributed by atoms with Gasteiger partial charge in [0, 0.05) is 33.3 Å². The van der Waals surface area contributed by atoms with Crippen LogP contribution in [0, 0.1) is 12.1 Å². The number of hydrogen-bond donors (Lipinski definition) is 0. The van der Waals surface area contributed by atoms with Gasteiger partial charge in [0.1, 0.15) is 0 Å². The van der Waals surface area contributed by atoms with Crippen LogP contribution >= 0.6 is 0 Å². The fraction of sp³-hybridized carbons (Fsp3) is 0.538. The van der Waals surface area contributed by atoms with Gasteiger partial charge in [-0.05, 0) is 70.4 Å².